The molecule has 22 heavy (non-hydrogen) atoms. The van der Waals surface area contributed by atoms with E-state index in [2.05, 4.69) is 33.4 Å². The van der Waals surface area contributed by atoms with Crippen LogP contribution in [0.1, 0.15) is 23.2 Å². The van der Waals surface area contributed by atoms with Crippen molar-refractivity contribution in [3.63, 3.8) is 0 Å². The maximum Gasteiger partial charge on any atom is 0.253 e. The molecule has 114 valence electrons. The van der Waals surface area contributed by atoms with Gasteiger partial charge >= 0.3 is 0 Å². The highest BCUT2D eigenvalue weighted by Crippen LogP contribution is 2.20. The second-order valence-corrected chi connectivity index (χ2v) is 6.50. The standard InChI is InChI=1S/C18H19BrN2O/c19-15-6-8-16(9-7-15)20-17-10-12-21(13-11-17)18(22)14-4-2-1-3-5-14/h1-9,17,20H,10-13H2. The van der Waals surface area contributed by atoms with Crippen LogP contribution in [0.2, 0.25) is 0 Å². The van der Waals surface area contributed by atoms with Gasteiger partial charge in [0.05, 0.1) is 0 Å². The molecular formula is C18H19BrN2O. The maximum atomic E-state index is 12.4. The number of piperidine rings is 1. The van der Waals surface area contributed by atoms with Crippen molar-refractivity contribution in [2.75, 3.05) is 18.4 Å². The highest BCUT2D eigenvalue weighted by Gasteiger charge is 2.23. The average molecular weight is 359 g/mol. The van der Waals surface area contributed by atoms with Gasteiger partial charge in [-0.1, -0.05) is 34.1 Å². The molecule has 0 aromatic heterocycles. The number of nitrogens with zero attached hydrogens (tertiary/aromatic N) is 1. The van der Waals surface area contributed by atoms with Crippen molar-refractivity contribution in [2.24, 2.45) is 0 Å². The minimum Gasteiger partial charge on any atom is -0.382 e. The zero-order chi connectivity index (χ0) is 15.4. The Balaban J connectivity index is 1.54. The van der Waals surface area contributed by atoms with Crippen molar-refractivity contribution < 1.29 is 4.79 Å². The van der Waals surface area contributed by atoms with Crippen LogP contribution in [0, 0.1) is 0 Å². The normalized spacial score (nSPS) is 15.6. The summed E-state index contributed by atoms with van der Waals surface area (Å²) in [6.07, 6.45) is 1.96. The first kappa shape index (κ1) is 15.1. The van der Waals surface area contributed by atoms with Gasteiger partial charge in [-0.05, 0) is 49.2 Å². The van der Waals surface area contributed by atoms with Gasteiger partial charge in [-0.3, -0.25) is 4.79 Å². The minimum absolute atomic E-state index is 0.141. The van der Waals surface area contributed by atoms with Crippen LogP contribution in [0.4, 0.5) is 5.69 Å². The predicted molar refractivity (Wildman–Crippen MR) is 93.1 cm³/mol. The van der Waals surface area contributed by atoms with Crippen molar-refractivity contribution in [3.05, 3.63) is 64.6 Å². The van der Waals surface area contributed by atoms with Crippen LogP contribution in [0.5, 0.6) is 0 Å². The fourth-order valence-electron chi connectivity index (χ4n) is 2.77. The first-order valence-corrected chi connectivity index (χ1v) is 8.38. The Kier molecular flexibility index (Phi) is 4.78. The number of hydrogen-bond donors (Lipinski definition) is 1. The van der Waals surface area contributed by atoms with Gasteiger partial charge in [0.15, 0.2) is 0 Å². The molecule has 0 atom stereocenters. The summed E-state index contributed by atoms with van der Waals surface area (Å²) in [4.78, 5) is 14.4. The van der Waals surface area contributed by atoms with E-state index < -0.39 is 0 Å². The molecule has 1 N–H and O–H groups in total. The number of halogens is 1. The summed E-state index contributed by atoms with van der Waals surface area (Å²) in [6.45, 7) is 1.61. The Morgan fingerprint density at radius 3 is 2.27 bits per heavy atom. The minimum atomic E-state index is 0.141. The van der Waals surface area contributed by atoms with Gasteiger partial charge in [0, 0.05) is 34.9 Å². The topological polar surface area (TPSA) is 32.3 Å². The molecule has 0 saturated carbocycles. The van der Waals surface area contributed by atoms with E-state index in [0.29, 0.717) is 6.04 Å². The molecule has 1 amide bonds. The van der Waals surface area contributed by atoms with Crippen molar-refractivity contribution in [1.82, 2.24) is 4.90 Å². The summed E-state index contributed by atoms with van der Waals surface area (Å²) in [5, 5.41) is 3.55. The zero-order valence-corrected chi connectivity index (χ0v) is 13.9. The van der Waals surface area contributed by atoms with Gasteiger partial charge in [0.2, 0.25) is 0 Å². The number of anilines is 1. The summed E-state index contributed by atoms with van der Waals surface area (Å²) in [6, 6.07) is 18.2. The molecule has 3 rings (SSSR count). The maximum absolute atomic E-state index is 12.4. The van der Waals surface area contributed by atoms with Gasteiger partial charge in [0.1, 0.15) is 0 Å². The lowest BCUT2D eigenvalue weighted by atomic mass is 10.0. The van der Waals surface area contributed by atoms with Crippen molar-refractivity contribution in [2.45, 2.75) is 18.9 Å². The van der Waals surface area contributed by atoms with Crippen molar-refractivity contribution in [3.8, 4) is 0 Å². The SMILES string of the molecule is O=C(c1ccccc1)N1CCC(Nc2ccc(Br)cc2)CC1. The molecule has 0 radical (unpaired) electrons. The summed E-state index contributed by atoms with van der Waals surface area (Å²) in [7, 11) is 0. The Labute approximate surface area is 139 Å². The number of nitrogens with one attached hydrogen (secondary N) is 1. The van der Waals surface area contributed by atoms with E-state index in [1.807, 2.05) is 47.4 Å². The average Bonchev–Trinajstić information content (AvgIpc) is 2.58. The van der Waals surface area contributed by atoms with Gasteiger partial charge in [-0.25, -0.2) is 0 Å². The molecule has 1 saturated heterocycles. The summed E-state index contributed by atoms with van der Waals surface area (Å²) < 4.78 is 1.08. The van der Waals surface area contributed by atoms with E-state index >= 15 is 0 Å². The number of likely N-dealkylation sites (tertiary alicyclic amines) is 1. The molecular weight excluding hydrogens is 340 g/mol. The molecule has 0 spiro atoms. The summed E-state index contributed by atoms with van der Waals surface area (Å²) in [5.41, 5.74) is 1.91. The van der Waals surface area contributed by atoms with E-state index in [4.69, 9.17) is 0 Å². The quantitative estimate of drug-likeness (QED) is 0.892. The van der Waals surface area contributed by atoms with Crippen LogP contribution < -0.4 is 5.32 Å². The fourth-order valence-corrected chi connectivity index (χ4v) is 3.04. The lowest BCUT2D eigenvalue weighted by Gasteiger charge is -2.33. The van der Waals surface area contributed by atoms with Crippen LogP contribution in [0.25, 0.3) is 0 Å². The Bertz CT molecular complexity index is 619. The Morgan fingerprint density at radius 1 is 1.00 bits per heavy atom. The van der Waals surface area contributed by atoms with E-state index in [-0.39, 0.29) is 5.91 Å². The summed E-state index contributed by atoms with van der Waals surface area (Å²) in [5.74, 6) is 0.141. The largest absolute Gasteiger partial charge is 0.382 e. The number of carbonyl (C=O) groups is 1. The number of hydrogen-bond acceptors (Lipinski definition) is 2. The third-order valence-corrected chi connectivity index (χ3v) is 4.55. The monoisotopic (exact) mass is 358 g/mol. The molecule has 0 unspecified atom stereocenters. The smallest absolute Gasteiger partial charge is 0.253 e. The number of rotatable bonds is 3. The third kappa shape index (κ3) is 3.69. The number of amides is 1. The van der Waals surface area contributed by atoms with Crippen LogP contribution >= 0.6 is 15.9 Å². The zero-order valence-electron chi connectivity index (χ0n) is 12.3. The number of carbonyl (C=O) groups excluding carboxylic acids is 1. The lowest BCUT2D eigenvalue weighted by Crippen LogP contribution is -2.42. The molecule has 3 nitrogen and oxygen atoms in total. The molecule has 1 aliphatic rings. The van der Waals surface area contributed by atoms with Gasteiger partial charge < -0.3 is 10.2 Å². The molecule has 1 aliphatic heterocycles. The Morgan fingerprint density at radius 2 is 1.64 bits per heavy atom. The molecule has 4 heteroatoms. The Hall–Kier alpha value is -1.81. The predicted octanol–water partition coefficient (Wildman–Crippen LogP) is 4.17. The van der Waals surface area contributed by atoms with E-state index in [1.165, 1.54) is 0 Å². The van der Waals surface area contributed by atoms with E-state index in [0.717, 1.165) is 41.7 Å². The second-order valence-electron chi connectivity index (χ2n) is 5.58. The van der Waals surface area contributed by atoms with E-state index in [9.17, 15) is 4.79 Å². The van der Waals surface area contributed by atoms with Crippen LogP contribution in [0.15, 0.2) is 59.1 Å². The van der Waals surface area contributed by atoms with Crippen LogP contribution in [-0.2, 0) is 0 Å². The first-order chi connectivity index (χ1) is 10.7. The van der Waals surface area contributed by atoms with Crippen LogP contribution in [-0.4, -0.2) is 29.9 Å². The second kappa shape index (κ2) is 6.97. The lowest BCUT2D eigenvalue weighted by molar-refractivity contribution is 0.0718. The molecule has 0 bridgehead atoms. The number of benzene rings is 2. The molecule has 1 heterocycles. The van der Waals surface area contributed by atoms with Crippen LogP contribution in [0.3, 0.4) is 0 Å². The van der Waals surface area contributed by atoms with Gasteiger partial charge in [-0.15, -0.1) is 0 Å². The summed E-state index contributed by atoms with van der Waals surface area (Å²) >= 11 is 3.44. The van der Waals surface area contributed by atoms with Crippen molar-refractivity contribution in [1.29, 1.82) is 0 Å². The van der Waals surface area contributed by atoms with Gasteiger partial charge in [-0.2, -0.15) is 0 Å². The molecule has 2 aromatic carbocycles. The fraction of sp³-hybridized carbons (Fsp3) is 0.278. The highest BCUT2D eigenvalue weighted by atomic mass is 79.9. The molecule has 1 fully saturated rings. The highest BCUT2D eigenvalue weighted by molar-refractivity contribution is 9.10. The first-order valence-electron chi connectivity index (χ1n) is 7.59. The van der Waals surface area contributed by atoms with E-state index in [1.54, 1.807) is 0 Å². The van der Waals surface area contributed by atoms with Crippen molar-refractivity contribution >= 4 is 27.5 Å². The molecule has 0 aliphatic carbocycles. The van der Waals surface area contributed by atoms with Gasteiger partial charge in [0.25, 0.3) is 5.91 Å². The third-order valence-electron chi connectivity index (χ3n) is 4.02. The molecule has 2 aromatic rings.